The van der Waals surface area contributed by atoms with Crippen LogP contribution in [0.15, 0.2) is 36.5 Å². The van der Waals surface area contributed by atoms with Crippen LogP contribution in [-0.4, -0.2) is 9.97 Å². The second-order valence-electron chi connectivity index (χ2n) is 4.08. The molecule has 0 aliphatic rings. The molecule has 2 rings (SSSR count). The smallest absolute Gasteiger partial charge is 0.159 e. The predicted molar refractivity (Wildman–Crippen MR) is 66.0 cm³/mol. The van der Waals surface area contributed by atoms with Gasteiger partial charge in [-0.3, -0.25) is 0 Å². The average molecular weight is 213 g/mol. The molecule has 0 amide bonds. The quantitative estimate of drug-likeness (QED) is 0.780. The Balaban J connectivity index is 2.40. The molecular formula is C13H15N3. The third-order valence-electron chi connectivity index (χ3n) is 2.44. The standard InChI is InChI=1S/C13H15N3/c1-9(2)12-7-8-15-13(16-12)10-3-5-11(14)6-4-10/h3-9H,14H2,1-2H3. The molecule has 1 heterocycles. The van der Waals surface area contributed by atoms with E-state index in [-0.39, 0.29) is 0 Å². The monoisotopic (exact) mass is 213 g/mol. The third-order valence-corrected chi connectivity index (χ3v) is 2.44. The van der Waals surface area contributed by atoms with Crippen molar-refractivity contribution in [1.29, 1.82) is 0 Å². The van der Waals surface area contributed by atoms with Crippen LogP contribution in [0.4, 0.5) is 5.69 Å². The van der Waals surface area contributed by atoms with Crippen LogP contribution in [-0.2, 0) is 0 Å². The molecule has 0 radical (unpaired) electrons. The first-order valence-corrected chi connectivity index (χ1v) is 5.35. The Bertz CT molecular complexity index is 475. The minimum atomic E-state index is 0.413. The first-order valence-electron chi connectivity index (χ1n) is 5.35. The molecule has 0 saturated heterocycles. The van der Waals surface area contributed by atoms with Crippen molar-refractivity contribution in [1.82, 2.24) is 9.97 Å². The fourth-order valence-corrected chi connectivity index (χ4v) is 1.47. The van der Waals surface area contributed by atoms with E-state index in [4.69, 9.17) is 5.73 Å². The SMILES string of the molecule is CC(C)c1ccnc(-c2ccc(N)cc2)n1. The van der Waals surface area contributed by atoms with Crippen molar-refractivity contribution >= 4 is 5.69 Å². The average Bonchev–Trinajstić information content (AvgIpc) is 2.30. The van der Waals surface area contributed by atoms with Crippen molar-refractivity contribution in [3.8, 4) is 11.4 Å². The zero-order valence-electron chi connectivity index (χ0n) is 9.51. The van der Waals surface area contributed by atoms with Gasteiger partial charge in [0.2, 0.25) is 0 Å². The maximum Gasteiger partial charge on any atom is 0.159 e. The van der Waals surface area contributed by atoms with Crippen molar-refractivity contribution in [2.45, 2.75) is 19.8 Å². The van der Waals surface area contributed by atoms with Crippen LogP contribution in [0, 0.1) is 0 Å². The molecule has 1 aromatic carbocycles. The van der Waals surface area contributed by atoms with Gasteiger partial charge in [-0.15, -0.1) is 0 Å². The van der Waals surface area contributed by atoms with Crippen molar-refractivity contribution in [3.05, 3.63) is 42.2 Å². The molecular weight excluding hydrogens is 198 g/mol. The number of nitrogens with two attached hydrogens (primary N) is 1. The number of anilines is 1. The zero-order chi connectivity index (χ0) is 11.5. The van der Waals surface area contributed by atoms with Gasteiger partial charge in [0.1, 0.15) is 0 Å². The molecule has 0 bridgehead atoms. The van der Waals surface area contributed by atoms with Gasteiger partial charge in [0, 0.05) is 23.1 Å². The first-order chi connectivity index (χ1) is 7.66. The Labute approximate surface area is 95.4 Å². The molecule has 2 N–H and O–H groups in total. The largest absolute Gasteiger partial charge is 0.399 e. The van der Waals surface area contributed by atoms with E-state index in [1.165, 1.54) is 0 Å². The number of hydrogen-bond acceptors (Lipinski definition) is 3. The fraction of sp³-hybridized carbons (Fsp3) is 0.231. The van der Waals surface area contributed by atoms with Crippen LogP contribution in [0.1, 0.15) is 25.5 Å². The topological polar surface area (TPSA) is 51.8 Å². The molecule has 3 heteroatoms. The van der Waals surface area contributed by atoms with Crippen LogP contribution in [0.25, 0.3) is 11.4 Å². The molecule has 0 aliphatic carbocycles. The Kier molecular flexibility index (Phi) is 2.86. The highest BCUT2D eigenvalue weighted by Crippen LogP contribution is 2.18. The second kappa shape index (κ2) is 4.31. The lowest BCUT2D eigenvalue weighted by Crippen LogP contribution is -1.96. The van der Waals surface area contributed by atoms with Crippen LogP contribution in [0.3, 0.4) is 0 Å². The summed E-state index contributed by atoms with van der Waals surface area (Å²) in [6.07, 6.45) is 1.80. The van der Waals surface area contributed by atoms with Crippen LogP contribution < -0.4 is 5.73 Å². The van der Waals surface area contributed by atoms with E-state index < -0.39 is 0 Å². The highest BCUT2D eigenvalue weighted by atomic mass is 14.9. The van der Waals surface area contributed by atoms with E-state index >= 15 is 0 Å². The maximum atomic E-state index is 5.64. The molecule has 0 atom stereocenters. The highest BCUT2D eigenvalue weighted by molar-refractivity contribution is 5.58. The number of nitrogens with zero attached hydrogens (tertiary/aromatic N) is 2. The summed E-state index contributed by atoms with van der Waals surface area (Å²) in [6.45, 7) is 4.24. The summed E-state index contributed by atoms with van der Waals surface area (Å²) < 4.78 is 0. The lowest BCUT2D eigenvalue weighted by atomic mass is 10.1. The molecule has 0 fully saturated rings. The number of nitrogen functional groups attached to an aromatic ring is 1. The molecule has 82 valence electrons. The van der Waals surface area contributed by atoms with Crippen molar-refractivity contribution < 1.29 is 0 Å². The van der Waals surface area contributed by atoms with E-state index in [1.54, 1.807) is 6.20 Å². The van der Waals surface area contributed by atoms with Gasteiger partial charge in [-0.1, -0.05) is 13.8 Å². The van der Waals surface area contributed by atoms with Crippen LogP contribution in [0.2, 0.25) is 0 Å². The van der Waals surface area contributed by atoms with Crippen molar-refractivity contribution in [3.63, 3.8) is 0 Å². The Morgan fingerprint density at radius 1 is 1.06 bits per heavy atom. The molecule has 0 unspecified atom stereocenters. The third kappa shape index (κ3) is 2.19. The summed E-state index contributed by atoms with van der Waals surface area (Å²) >= 11 is 0. The van der Waals surface area contributed by atoms with Gasteiger partial charge in [0.25, 0.3) is 0 Å². The van der Waals surface area contributed by atoms with Gasteiger partial charge in [-0.05, 0) is 36.2 Å². The van der Waals surface area contributed by atoms with Gasteiger partial charge in [0.05, 0.1) is 0 Å². The zero-order valence-corrected chi connectivity index (χ0v) is 9.51. The summed E-state index contributed by atoms with van der Waals surface area (Å²) in [5, 5.41) is 0. The predicted octanol–water partition coefficient (Wildman–Crippen LogP) is 2.85. The van der Waals surface area contributed by atoms with E-state index in [0.717, 1.165) is 22.8 Å². The van der Waals surface area contributed by atoms with Gasteiger partial charge < -0.3 is 5.73 Å². The summed E-state index contributed by atoms with van der Waals surface area (Å²) in [5.41, 5.74) is 8.45. The van der Waals surface area contributed by atoms with Crippen molar-refractivity contribution in [2.75, 3.05) is 5.73 Å². The molecule has 1 aromatic heterocycles. The Hall–Kier alpha value is -1.90. The normalized spacial score (nSPS) is 10.7. The summed E-state index contributed by atoms with van der Waals surface area (Å²) in [7, 11) is 0. The van der Waals surface area contributed by atoms with E-state index in [1.807, 2.05) is 30.3 Å². The minimum absolute atomic E-state index is 0.413. The highest BCUT2D eigenvalue weighted by Gasteiger charge is 2.04. The lowest BCUT2D eigenvalue weighted by Gasteiger charge is -2.06. The van der Waals surface area contributed by atoms with Gasteiger partial charge in [-0.2, -0.15) is 0 Å². The second-order valence-corrected chi connectivity index (χ2v) is 4.08. The molecule has 0 saturated carbocycles. The van der Waals surface area contributed by atoms with Crippen molar-refractivity contribution in [2.24, 2.45) is 0 Å². The van der Waals surface area contributed by atoms with E-state index in [0.29, 0.717) is 5.92 Å². The van der Waals surface area contributed by atoms with E-state index in [2.05, 4.69) is 23.8 Å². The fourth-order valence-electron chi connectivity index (χ4n) is 1.47. The molecule has 16 heavy (non-hydrogen) atoms. The number of rotatable bonds is 2. The first kappa shape index (κ1) is 10.6. The molecule has 0 spiro atoms. The molecule has 3 nitrogen and oxygen atoms in total. The summed E-state index contributed by atoms with van der Waals surface area (Å²) in [6, 6.07) is 9.55. The number of benzene rings is 1. The number of hydrogen-bond donors (Lipinski definition) is 1. The Morgan fingerprint density at radius 3 is 2.38 bits per heavy atom. The Morgan fingerprint density at radius 2 is 1.75 bits per heavy atom. The minimum Gasteiger partial charge on any atom is -0.399 e. The van der Waals surface area contributed by atoms with E-state index in [9.17, 15) is 0 Å². The van der Waals surface area contributed by atoms with Crippen LogP contribution in [0.5, 0.6) is 0 Å². The van der Waals surface area contributed by atoms with Gasteiger partial charge in [-0.25, -0.2) is 9.97 Å². The molecule has 2 aromatic rings. The maximum absolute atomic E-state index is 5.64. The number of aromatic nitrogens is 2. The lowest BCUT2D eigenvalue weighted by molar-refractivity contribution is 0.817. The van der Waals surface area contributed by atoms with Gasteiger partial charge in [0.15, 0.2) is 5.82 Å². The van der Waals surface area contributed by atoms with Crippen LogP contribution >= 0.6 is 0 Å². The van der Waals surface area contributed by atoms with Gasteiger partial charge >= 0.3 is 0 Å². The summed E-state index contributed by atoms with van der Waals surface area (Å²) in [5.74, 6) is 1.17. The summed E-state index contributed by atoms with van der Waals surface area (Å²) in [4.78, 5) is 8.79. The molecule has 0 aliphatic heterocycles.